The van der Waals surface area contributed by atoms with Crippen LogP contribution in [0.3, 0.4) is 0 Å². The Morgan fingerprint density at radius 1 is 1.35 bits per heavy atom. The molecule has 2 rings (SSSR count). The van der Waals surface area contributed by atoms with E-state index < -0.39 is 0 Å². The zero-order valence-electron chi connectivity index (χ0n) is 10.1. The van der Waals surface area contributed by atoms with Gasteiger partial charge in [-0.3, -0.25) is 4.79 Å². The van der Waals surface area contributed by atoms with Gasteiger partial charge >= 0.3 is 0 Å². The van der Waals surface area contributed by atoms with E-state index in [0.29, 0.717) is 33.3 Å². The van der Waals surface area contributed by atoms with Crippen LogP contribution in [0.2, 0.25) is 10.0 Å². The summed E-state index contributed by atoms with van der Waals surface area (Å²) in [6.45, 7) is 0.346. The molecular formula is C11H9Cl2N5OS. The Morgan fingerprint density at radius 3 is 2.85 bits per heavy atom. The van der Waals surface area contributed by atoms with Gasteiger partial charge in [0.05, 0.1) is 46.5 Å². The molecule has 20 heavy (non-hydrogen) atoms. The second-order valence-corrected chi connectivity index (χ2v) is 5.13. The van der Waals surface area contributed by atoms with Crippen LogP contribution in [0.15, 0.2) is 6.07 Å². The summed E-state index contributed by atoms with van der Waals surface area (Å²) in [5, 5.41) is 14.7. The van der Waals surface area contributed by atoms with Crippen molar-refractivity contribution in [3.63, 3.8) is 0 Å². The van der Waals surface area contributed by atoms with Gasteiger partial charge in [-0.15, -0.1) is 0 Å². The number of carbonyl (C=O) groups excluding carboxylic acids is 1. The number of rotatable bonds is 5. The van der Waals surface area contributed by atoms with Gasteiger partial charge in [0.25, 0.3) is 0 Å². The topological polar surface area (TPSA) is 90.7 Å². The molecule has 0 bridgehead atoms. The Morgan fingerprint density at radius 2 is 2.10 bits per heavy atom. The summed E-state index contributed by atoms with van der Waals surface area (Å²) >= 11 is 13.1. The van der Waals surface area contributed by atoms with Gasteiger partial charge in [0.15, 0.2) is 0 Å². The minimum atomic E-state index is -0.234. The lowest BCUT2D eigenvalue weighted by Gasteiger charge is -2.09. The fourth-order valence-corrected chi connectivity index (χ4v) is 2.71. The van der Waals surface area contributed by atoms with Crippen LogP contribution in [0.5, 0.6) is 0 Å². The average molecular weight is 330 g/mol. The average Bonchev–Trinajstić information content (AvgIpc) is 2.88. The molecule has 0 radical (unpaired) electrons. The van der Waals surface area contributed by atoms with E-state index >= 15 is 0 Å². The van der Waals surface area contributed by atoms with Gasteiger partial charge in [-0.25, -0.2) is 0 Å². The Balaban J connectivity index is 2.09. The number of aromatic nitrogens is 2. The third-order valence-electron chi connectivity index (χ3n) is 2.43. The minimum absolute atomic E-state index is 0.0272. The van der Waals surface area contributed by atoms with Crippen molar-refractivity contribution >= 4 is 57.6 Å². The summed E-state index contributed by atoms with van der Waals surface area (Å²) in [6, 6.07) is 3.50. The summed E-state index contributed by atoms with van der Waals surface area (Å²) in [7, 11) is 0. The summed E-state index contributed by atoms with van der Waals surface area (Å²) in [4.78, 5) is 11.6. The number of nitrogens with zero attached hydrogens (tertiary/aromatic N) is 3. The van der Waals surface area contributed by atoms with Crippen molar-refractivity contribution < 1.29 is 4.79 Å². The molecule has 0 aliphatic rings. The number of fused-ring (bicyclic) bond motifs is 1. The molecule has 0 aliphatic heterocycles. The van der Waals surface area contributed by atoms with E-state index in [-0.39, 0.29) is 18.9 Å². The molecule has 1 heterocycles. The van der Waals surface area contributed by atoms with Crippen molar-refractivity contribution in [2.45, 2.75) is 6.42 Å². The van der Waals surface area contributed by atoms with Crippen molar-refractivity contribution in [2.75, 3.05) is 18.4 Å². The van der Waals surface area contributed by atoms with Crippen molar-refractivity contribution in [3.05, 3.63) is 16.1 Å². The molecule has 1 amide bonds. The third-order valence-corrected chi connectivity index (χ3v) is 3.54. The monoisotopic (exact) mass is 329 g/mol. The number of hydrogen-bond acceptors (Lipinski definition) is 6. The van der Waals surface area contributed by atoms with Crippen LogP contribution in [-0.2, 0) is 4.79 Å². The lowest BCUT2D eigenvalue weighted by Crippen LogP contribution is -2.30. The molecule has 0 aliphatic carbocycles. The number of nitrogens with one attached hydrogen (secondary N) is 2. The standard InChI is InChI=1S/C11H9Cl2N5OS/c12-6-4-7(13)10-11(18-20-17-10)9(6)16-5-8(19)15-3-1-2-14/h4,16H,1,3,5H2,(H,15,19). The van der Waals surface area contributed by atoms with Gasteiger partial charge in [-0.2, -0.15) is 14.0 Å². The summed E-state index contributed by atoms with van der Waals surface area (Å²) in [5.74, 6) is -0.234. The number of amides is 1. The van der Waals surface area contributed by atoms with Crippen molar-refractivity contribution in [2.24, 2.45) is 0 Å². The zero-order valence-corrected chi connectivity index (χ0v) is 12.4. The van der Waals surface area contributed by atoms with Crippen molar-refractivity contribution in [1.82, 2.24) is 14.1 Å². The summed E-state index contributed by atoms with van der Waals surface area (Å²) < 4.78 is 8.19. The Kier molecular flexibility index (Phi) is 4.95. The molecule has 1 aromatic carbocycles. The quantitative estimate of drug-likeness (QED) is 0.822. The first kappa shape index (κ1) is 14.8. The largest absolute Gasteiger partial charge is 0.373 e. The molecule has 0 spiro atoms. The van der Waals surface area contributed by atoms with Crippen LogP contribution in [-0.4, -0.2) is 27.7 Å². The van der Waals surface area contributed by atoms with Gasteiger partial charge in [-0.1, -0.05) is 23.2 Å². The van der Waals surface area contributed by atoms with Gasteiger partial charge in [0.2, 0.25) is 5.91 Å². The first-order chi connectivity index (χ1) is 9.63. The van der Waals surface area contributed by atoms with E-state index in [2.05, 4.69) is 19.4 Å². The highest BCUT2D eigenvalue weighted by atomic mass is 35.5. The fourth-order valence-electron chi connectivity index (χ4n) is 1.53. The molecule has 1 aromatic heterocycles. The predicted octanol–water partition coefficient (Wildman–Crippen LogP) is 2.44. The number of halogens is 2. The molecule has 0 fully saturated rings. The number of benzene rings is 1. The molecule has 0 unspecified atom stereocenters. The van der Waals surface area contributed by atoms with Crippen LogP contribution in [0.25, 0.3) is 11.0 Å². The van der Waals surface area contributed by atoms with Crippen molar-refractivity contribution in [1.29, 1.82) is 5.26 Å². The molecule has 9 heteroatoms. The molecular weight excluding hydrogens is 321 g/mol. The predicted molar refractivity (Wildman–Crippen MR) is 79.2 cm³/mol. The molecule has 2 N–H and O–H groups in total. The molecule has 6 nitrogen and oxygen atoms in total. The third kappa shape index (κ3) is 3.28. The Bertz CT molecular complexity index is 681. The molecule has 2 aromatic rings. The SMILES string of the molecule is N#CCCNC(=O)CNc1c(Cl)cc(Cl)c2nsnc12. The molecule has 104 valence electrons. The number of nitriles is 1. The highest BCUT2D eigenvalue weighted by Gasteiger charge is 2.14. The first-order valence-electron chi connectivity index (χ1n) is 5.61. The van der Waals surface area contributed by atoms with Crippen molar-refractivity contribution in [3.8, 4) is 6.07 Å². The van der Waals surface area contributed by atoms with Crippen LogP contribution < -0.4 is 10.6 Å². The maximum Gasteiger partial charge on any atom is 0.239 e. The van der Waals surface area contributed by atoms with E-state index in [1.165, 1.54) is 0 Å². The van der Waals surface area contributed by atoms with Crippen LogP contribution in [0, 0.1) is 11.3 Å². The Labute approximate surface area is 129 Å². The number of hydrogen-bond donors (Lipinski definition) is 2. The first-order valence-corrected chi connectivity index (χ1v) is 7.10. The van der Waals surface area contributed by atoms with Gasteiger partial charge in [0, 0.05) is 6.54 Å². The molecule has 0 saturated heterocycles. The van der Waals surface area contributed by atoms with Crippen LogP contribution >= 0.6 is 34.9 Å². The normalized spacial score (nSPS) is 10.2. The van der Waals surface area contributed by atoms with Crippen LogP contribution in [0.1, 0.15) is 6.42 Å². The number of anilines is 1. The van der Waals surface area contributed by atoms with E-state index in [1.54, 1.807) is 6.07 Å². The van der Waals surface area contributed by atoms with E-state index in [4.69, 9.17) is 28.5 Å². The number of carbonyl (C=O) groups is 1. The van der Waals surface area contributed by atoms with E-state index in [0.717, 1.165) is 11.7 Å². The molecule has 0 atom stereocenters. The second kappa shape index (κ2) is 6.70. The zero-order chi connectivity index (χ0) is 14.5. The molecule has 0 saturated carbocycles. The van der Waals surface area contributed by atoms with E-state index in [9.17, 15) is 4.79 Å². The fraction of sp³-hybridized carbons (Fsp3) is 0.273. The van der Waals surface area contributed by atoms with E-state index in [1.807, 2.05) is 6.07 Å². The summed E-state index contributed by atoms with van der Waals surface area (Å²) in [5.41, 5.74) is 1.61. The Hall–Kier alpha value is -1.62. The maximum absolute atomic E-state index is 11.6. The summed E-state index contributed by atoms with van der Waals surface area (Å²) in [6.07, 6.45) is 0.272. The van der Waals surface area contributed by atoms with Gasteiger partial charge < -0.3 is 10.6 Å². The van der Waals surface area contributed by atoms with Gasteiger partial charge in [-0.05, 0) is 6.07 Å². The lowest BCUT2D eigenvalue weighted by atomic mass is 10.2. The highest BCUT2D eigenvalue weighted by molar-refractivity contribution is 7.00. The maximum atomic E-state index is 11.6. The second-order valence-electron chi connectivity index (χ2n) is 3.79. The van der Waals surface area contributed by atoms with Crippen LogP contribution in [0.4, 0.5) is 5.69 Å². The highest BCUT2D eigenvalue weighted by Crippen LogP contribution is 2.34. The lowest BCUT2D eigenvalue weighted by molar-refractivity contribution is -0.119. The smallest absolute Gasteiger partial charge is 0.239 e. The van der Waals surface area contributed by atoms with Gasteiger partial charge in [0.1, 0.15) is 11.0 Å². The minimum Gasteiger partial charge on any atom is -0.373 e.